The fraction of sp³-hybridized carbons (Fsp3) is 0.364. The summed E-state index contributed by atoms with van der Waals surface area (Å²) >= 11 is 0.369. The van der Waals surface area contributed by atoms with Gasteiger partial charge in [0.05, 0.1) is 0 Å². The third-order valence-electron chi connectivity index (χ3n) is 2.03. The molecule has 0 aromatic carbocycles. The molecule has 0 atom stereocenters. The van der Waals surface area contributed by atoms with Gasteiger partial charge >= 0.3 is 95.1 Å². The zero-order valence-corrected chi connectivity index (χ0v) is 10.4. The van der Waals surface area contributed by atoms with Gasteiger partial charge in [0.15, 0.2) is 0 Å². The Balaban J connectivity index is 2.05. The summed E-state index contributed by atoms with van der Waals surface area (Å²) in [6.07, 6.45) is 4.94. The van der Waals surface area contributed by atoms with Gasteiger partial charge in [-0.2, -0.15) is 0 Å². The molecule has 2 rings (SSSR count). The van der Waals surface area contributed by atoms with Gasteiger partial charge in [0.1, 0.15) is 0 Å². The van der Waals surface area contributed by atoms with Crippen LogP contribution in [0.2, 0.25) is 0 Å². The quantitative estimate of drug-likeness (QED) is 0.787. The Kier molecular flexibility index (Phi) is 3.64. The normalized spacial score (nSPS) is 10.5. The SMILES string of the molecule is CCCc1nnc(Cc2ccccn2)[se]1. The molecule has 2 aromatic rings. The van der Waals surface area contributed by atoms with Gasteiger partial charge in [0, 0.05) is 0 Å². The van der Waals surface area contributed by atoms with Gasteiger partial charge in [-0.3, -0.25) is 0 Å². The van der Waals surface area contributed by atoms with Gasteiger partial charge in [-0.1, -0.05) is 0 Å². The van der Waals surface area contributed by atoms with Crippen LogP contribution in [-0.4, -0.2) is 29.7 Å². The number of hydrogen-bond donors (Lipinski definition) is 0. The number of hydrogen-bond acceptors (Lipinski definition) is 3. The Morgan fingerprint density at radius 2 is 2.07 bits per heavy atom. The van der Waals surface area contributed by atoms with E-state index < -0.39 is 0 Å². The van der Waals surface area contributed by atoms with Crippen molar-refractivity contribution in [2.75, 3.05) is 0 Å². The molecule has 0 aliphatic heterocycles. The van der Waals surface area contributed by atoms with Crippen molar-refractivity contribution >= 4 is 14.5 Å². The minimum absolute atomic E-state index is 0.369. The first kappa shape index (κ1) is 10.5. The summed E-state index contributed by atoms with van der Waals surface area (Å²) in [5.74, 6) is 0. The number of rotatable bonds is 4. The summed E-state index contributed by atoms with van der Waals surface area (Å²) in [7, 11) is 0. The van der Waals surface area contributed by atoms with Crippen LogP contribution in [-0.2, 0) is 12.8 Å². The van der Waals surface area contributed by atoms with Crippen LogP contribution >= 0.6 is 0 Å². The van der Waals surface area contributed by atoms with E-state index in [-0.39, 0.29) is 0 Å². The van der Waals surface area contributed by atoms with Gasteiger partial charge in [-0.15, -0.1) is 0 Å². The predicted molar refractivity (Wildman–Crippen MR) is 60.0 cm³/mol. The average molecular weight is 266 g/mol. The van der Waals surface area contributed by atoms with Crippen molar-refractivity contribution in [3.05, 3.63) is 39.2 Å². The van der Waals surface area contributed by atoms with Crippen LogP contribution in [0.25, 0.3) is 0 Å². The molecule has 0 aliphatic carbocycles. The number of aryl methyl sites for hydroxylation is 1. The third kappa shape index (κ3) is 2.98. The second-order valence-electron chi connectivity index (χ2n) is 3.34. The van der Waals surface area contributed by atoms with Crippen LogP contribution in [0.1, 0.15) is 28.2 Å². The first-order chi connectivity index (χ1) is 7.38. The van der Waals surface area contributed by atoms with Gasteiger partial charge in [-0.05, 0) is 0 Å². The van der Waals surface area contributed by atoms with E-state index in [4.69, 9.17) is 0 Å². The zero-order valence-electron chi connectivity index (χ0n) is 8.68. The van der Waals surface area contributed by atoms with Gasteiger partial charge < -0.3 is 0 Å². The number of pyridine rings is 1. The summed E-state index contributed by atoms with van der Waals surface area (Å²) < 4.78 is 2.47. The van der Waals surface area contributed by atoms with Crippen molar-refractivity contribution < 1.29 is 0 Å². The van der Waals surface area contributed by atoms with E-state index >= 15 is 0 Å². The van der Waals surface area contributed by atoms with Crippen LogP contribution < -0.4 is 0 Å². The van der Waals surface area contributed by atoms with Gasteiger partial charge in [0.2, 0.25) is 0 Å². The molecule has 0 amide bonds. The predicted octanol–water partition coefficient (Wildman–Crippen LogP) is 1.47. The maximum atomic E-state index is 4.29. The summed E-state index contributed by atoms with van der Waals surface area (Å²) in [5.41, 5.74) is 1.09. The van der Waals surface area contributed by atoms with Crippen molar-refractivity contribution in [2.24, 2.45) is 0 Å². The summed E-state index contributed by atoms with van der Waals surface area (Å²) in [6, 6.07) is 5.99. The van der Waals surface area contributed by atoms with E-state index in [1.165, 1.54) is 9.14 Å². The molecule has 0 saturated carbocycles. The Morgan fingerprint density at radius 1 is 1.20 bits per heavy atom. The van der Waals surface area contributed by atoms with Crippen molar-refractivity contribution in [3.63, 3.8) is 0 Å². The summed E-state index contributed by atoms with van der Waals surface area (Å²) in [5, 5.41) is 8.43. The Hall–Kier alpha value is -0.991. The van der Waals surface area contributed by atoms with E-state index in [9.17, 15) is 0 Å². The van der Waals surface area contributed by atoms with Crippen molar-refractivity contribution in [1.82, 2.24) is 15.2 Å². The number of nitrogens with zero attached hydrogens (tertiary/aromatic N) is 3. The molecular formula is C11H13N3Se. The van der Waals surface area contributed by atoms with E-state index in [1.807, 2.05) is 24.4 Å². The molecule has 0 N–H and O–H groups in total. The molecule has 0 spiro atoms. The Labute approximate surface area is 95.3 Å². The van der Waals surface area contributed by atoms with Crippen molar-refractivity contribution in [2.45, 2.75) is 26.2 Å². The topological polar surface area (TPSA) is 38.7 Å². The minimum atomic E-state index is 0.369. The van der Waals surface area contributed by atoms with E-state index in [0.717, 1.165) is 25.0 Å². The van der Waals surface area contributed by atoms with Crippen LogP contribution in [0, 0.1) is 0 Å². The monoisotopic (exact) mass is 267 g/mol. The van der Waals surface area contributed by atoms with Crippen LogP contribution in [0.4, 0.5) is 0 Å². The Bertz CT molecular complexity index is 411. The number of aromatic nitrogens is 3. The van der Waals surface area contributed by atoms with Gasteiger partial charge in [0.25, 0.3) is 0 Å². The van der Waals surface area contributed by atoms with E-state index in [1.54, 1.807) is 0 Å². The van der Waals surface area contributed by atoms with Crippen LogP contribution in [0.15, 0.2) is 24.4 Å². The molecule has 3 nitrogen and oxygen atoms in total. The molecule has 0 radical (unpaired) electrons. The third-order valence-corrected chi connectivity index (χ3v) is 4.09. The summed E-state index contributed by atoms with van der Waals surface area (Å²) in [4.78, 5) is 4.29. The molecule has 2 heterocycles. The first-order valence-electron chi connectivity index (χ1n) is 5.09. The zero-order chi connectivity index (χ0) is 10.5. The molecule has 15 heavy (non-hydrogen) atoms. The molecule has 0 fully saturated rings. The van der Waals surface area contributed by atoms with Gasteiger partial charge in [-0.25, -0.2) is 0 Å². The molecule has 0 bridgehead atoms. The van der Waals surface area contributed by atoms with Crippen molar-refractivity contribution in [1.29, 1.82) is 0 Å². The molecule has 0 unspecified atom stereocenters. The average Bonchev–Trinajstić information content (AvgIpc) is 2.68. The molecule has 0 aliphatic rings. The second kappa shape index (κ2) is 5.19. The van der Waals surface area contributed by atoms with Crippen molar-refractivity contribution in [3.8, 4) is 0 Å². The molecule has 4 heteroatoms. The van der Waals surface area contributed by atoms with E-state index in [2.05, 4.69) is 22.1 Å². The standard InChI is InChI=1S/C11H13N3Se/c1-2-5-10-13-14-11(15-10)8-9-6-3-4-7-12-9/h3-4,6-7H,2,5,8H2,1H3. The fourth-order valence-corrected chi connectivity index (χ4v) is 3.35. The maximum absolute atomic E-state index is 4.29. The Morgan fingerprint density at radius 3 is 2.80 bits per heavy atom. The summed E-state index contributed by atoms with van der Waals surface area (Å²) in [6.45, 7) is 2.18. The molecular weight excluding hydrogens is 253 g/mol. The fourth-order valence-electron chi connectivity index (χ4n) is 1.33. The van der Waals surface area contributed by atoms with Crippen LogP contribution in [0.3, 0.4) is 0 Å². The molecule has 0 saturated heterocycles. The molecule has 2 aromatic heterocycles. The second-order valence-corrected chi connectivity index (χ2v) is 5.74. The molecule has 78 valence electrons. The van der Waals surface area contributed by atoms with Crippen LogP contribution in [0.5, 0.6) is 0 Å². The first-order valence-corrected chi connectivity index (χ1v) is 6.81. The van der Waals surface area contributed by atoms with E-state index in [0.29, 0.717) is 14.5 Å².